The van der Waals surface area contributed by atoms with Crippen LogP contribution in [0.5, 0.6) is 0 Å². The smallest absolute Gasteiger partial charge is 0.382 e. The quantitative estimate of drug-likeness (QED) is 0.705. The van der Waals surface area contributed by atoms with E-state index in [1.54, 1.807) is 4.57 Å². The van der Waals surface area contributed by atoms with Crippen molar-refractivity contribution in [2.75, 3.05) is 19.5 Å². The van der Waals surface area contributed by atoms with E-state index in [-0.39, 0.29) is 12.4 Å². The number of nitrogens with zero attached hydrogens (tertiary/aromatic N) is 4. The van der Waals surface area contributed by atoms with Crippen molar-refractivity contribution in [1.29, 1.82) is 0 Å². The topological polar surface area (TPSA) is 144 Å². The number of methoxy groups -OCH3 is 1. The van der Waals surface area contributed by atoms with E-state index in [1.807, 2.05) is 0 Å². The molecule has 12 heteroatoms. The standard InChI is InChI=1S/C11H14N5O6P/c1-19-8-7-5(2-20-23(17,18)22-7)21-11(8)16-4-15-6-9(12)13-3-14-10(6)16/h3-5,7-8,11H,2H2,1H3,(H,17,18)(H2,12,13,14)/t5-,7?,8+,11-/m1/s1. The van der Waals surface area contributed by atoms with Crippen molar-refractivity contribution in [2.45, 2.75) is 24.5 Å². The molecule has 4 rings (SSSR count). The summed E-state index contributed by atoms with van der Waals surface area (Å²) >= 11 is 0. The number of phosphoric ester groups is 1. The van der Waals surface area contributed by atoms with Crippen LogP contribution < -0.4 is 5.73 Å². The first-order chi connectivity index (χ1) is 11.0. The number of hydrogen-bond donors (Lipinski definition) is 2. The van der Waals surface area contributed by atoms with Gasteiger partial charge in [-0.1, -0.05) is 0 Å². The molecular formula is C11H14N5O6P. The summed E-state index contributed by atoms with van der Waals surface area (Å²) in [6.45, 7) is -0.0709. The van der Waals surface area contributed by atoms with E-state index in [0.717, 1.165) is 0 Å². The maximum atomic E-state index is 11.6. The molecule has 124 valence electrons. The molecule has 23 heavy (non-hydrogen) atoms. The molecule has 2 aliphatic heterocycles. The van der Waals surface area contributed by atoms with Gasteiger partial charge >= 0.3 is 7.82 Å². The van der Waals surface area contributed by atoms with E-state index in [9.17, 15) is 9.46 Å². The van der Waals surface area contributed by atoms with Crippen LogP contribution in [0.2, 0.25) is 0 Å². The lowest BCUT2D eigenvalue weighted by molar-refractivity contribution is -0.0667. The molecule has 11 nitrogen and oxygen atoms in total. The van der Waals surface area contributed by atoms with Gasteiger partial charge in [0.25, 0.3) is 0 Å². The van der Waals surface area contributed by atoms with Gasteiger partial charge in [0, 0.05) is 7.11 Å². The van der Waals surface area contributed by atoms with Crippen molar-refractivity contribution in [1.82, 2.24) is 19.5 Å². The molecule has 0 spiro atoms. The number of rotatable bonds is 2. The summed E-state index contributed by atoms with van der Waals surface area (Å²) in [4.78, 5) is 21.7. The molecule has 2 aromatic rings. The first-order valence-corrected chi connectivity index (χ1v) is 8.27. The van der Waals surface area contributed by atoms with Gasteiger partial charge in [0.05, 0.1) is 12.9 Å². The second-order valence-corrected chi connectivity index (χ2v) is 6.59. The second-order valence-electron chi connectivity index (χ2n) is 5.18. The molecule has 2 aromatic heterocycles. The van der Waals surface area contributed by atoms with Crippen molar-refractivity contribution < 1.29 is 28.0 Å². The molecular weight excluding hydrogens is 329 g/mol. The molecule has 4 heterocycles. The minimum absolute atomic E-state index is 0.0709. The number of hydrogen-bond acceptors (Lipinski definition) is 9. The van der Waals surface area contributed by atoms with Gasteiger partial charge in [-0.2, -0.15) is 0 Å². The zero-order chi connectivity index (χ0) is 16.2. The lowest BCUT2D eigenvalue weighted by Crippen LogP contribution is -2.40. The summed E-state index contributed by atoms with van der Waals surface area (Å²) < 4.78 is 34.5. The number of nitrogens with two attached hydrogens (primary N) is 1. The van der Waals surface area contributed by atoms with Crippen molar-refractivity contribution in [3.8, 4) is 0 Å². The highest BCUT2D eigenvalue weighted by molar-refractivity contribution is 7.47. The Bertz CT molecular complexity index is 798. The summed E-state index contributed by atoms with van der Waals surface area (Å²) in [5.74, 6) is 0.248. The minimum atomic E-state index is -4.10. The van der Waals surface area contributed by atoms with E-state index in [4.69, 9.17) is 24.3 Å². The van der Waals surface area contributed by atoms with E-state index in [1.165, 1.54) is 19.8 Å². The van der Waals surface area contributed by atoms with Crippen LogP contribution in [0, 0.1) is 0 Å². The number of phosphoric acid groups is 1. The van der Waals surface area contributed by atoms with Crippen molar-refractivity contribution >= 4 is 24.8 Å². The normalized spacial score (nSPS) is 37.1. The first-order valence-electron chi connectivity index (χ1n) is 6.77. The number of imidazole rings is 1. The van der Waals surface area contributed by atoms with Gasteiger partial charge in [-0.25, -0.2) is 19.5 Å². The zero-order valence-electron chi connectivity index (χ0n) is 12.0. The number of fused-ring (bicyclic) bond motifs is 2. The Labute approximate surface area is 130 Å². The van der Waals surface area contributed by atoms with Crippen LogP contribution >= 0.6 is 7.82 Å². The Hall–Kier alpha value is -1.62. The van der Waals surface area contributed by atoms with Gasteiger partial charge < -0.3 is 20.1 Å². The molecule has 2 fully saturated rings. The maximum absolute atomic E-state index is 11.6. The molecule has 3 N–H and O–H groups in total. The van der Waals surface area contributed by atoms with Gasteiger partial charge in [0.2, 0.25) is 0 Å². The summed E-state index contributed by atoms with van der Waals surface area (Å²) in [6, 6.07) is 0. The molecule has 5 atom stereocenters. The fraction of sp³-hybridized carbons (Fsp3) is 0.545. The van der Waals surface area contributed by atoms with E-state index in [2.05, 4.69) is 15.0 Å². The third-order valence-corrected chi connectivity index (χ3v) is 4.86. The first kappa shape index (κ1) is 14.9. The number of aromatic nitrogens is 4. The van der Waals surface area contributed by atoms with Crippen LogP contribution in [0.3, 0.4) is 0 Å². The van der Waals surface area contributed by atoms with Crippen LogP contribution in [-0.2, 0) is 23.1 Å². The van der Waals surface area contributed by atoms with Crippen molar-refractivity contribution in [3.05, 3.63) is 12.7 Å². The van der Waals surface area contributed by atoms with Gasteiger partial charge in [0.1, 0.15) is 30.2 Å². The van der Waals surface area contributed by atoms with Crippen LogP contribution in [0.1, 0.15) is 6.23 Å². The zero-order valence-corrected chi connectivity index (χ0v) is 12.9. The largest absolute Gasteiger partial charge is 0.472 e. The molecule has 2 saturated heterocycles. The van der Waals surface area contributed by atoms with E-state index >= 15 is 0 Å². The summed E-state index contributed by atoms with van der Waals surface area (Å²) in [5, 5.41) is 0. The molecule has 0 aliphatic carbocycles. The highest BCUT2D eigenvalue weighted by atomic mass is 31.2. The van der Waals surface area contributed by atoms with Crippen LogP contribution in [0.15, 0.2) is 12.7 Å². The Morgan fingerprint density at radius 1 is 1.48 bits per heavy atom. The van der Waals surface area contributed by atoms with Crippen molar-refractivity contribution in [3.63, 3.8) is 0 Å². The van der Waals surface area contributed by atoms with Gasteiger partial charge in [-0.3, -0.25) is 13.6 Å². The number of anilines is 1. The average Bonchev–Trinajstić information content (AvgIpc) is 3.07. The Balaban J connectivity index is 1.74. The predicted molar refractivity (Wildman–Crippen MR) is 75.1 cm³/mol. The number of ether oxygens (including phenoxy) is 2. The van der Waals surface area contributed by atoms with Crippen molar-refractivity contribution in [2.24, 2.45) is 0 Å². The monoisotopic (exact) mass is 343 g/mol. The van der Waals surface area contributed by atoms with E-state index in [0.29, 0.717) is 11.2 Å². The van der Waals surface area contributed by atoms with Gasteiger partial charge in [-0.15, -0.1) is 0 Å². The third-order valence-electron chi connectivity index (χ3n) is 3.88. The summed E-state index contributed by atoms with van der Waals surface area (Å²) in [5.41, 5.74) is 6.68. The average molecular weight is 343 g/mol. The van der Waals surface area contributed by atoms with Crippen LogP contribution in [0.4, 0.5) is 5.82 Å². The fourth-order valence-corrected chi connectivity index (χ4v) is 3.81. The van der Waals surface area contributed by atoms with Crippen LogP contribution in [-0.4, -0.2) is 56.4 Å². The Morgan fingerprint density at radius 3 is 3.09 bits per heavy atom. The molecule has 0 aromatic carbocycles. The molecule has 0 bridgehead atoms. The SMILES string of the molecule is CO[C@H]1C2OP(=O)(O)OC[C@H]2O[C@H]1n1cnc2c(N)ncnc21. The Morgan fingerprint density at radius 2 is 2.30 bits per heavy atom. The lowest BCUT2D eigenvalue weighted by atomic mass is 10.1. The highest BCUT2D eigenvalue weighted by Gasteiger charge is 2.53. The summed E-state index contributed by atoms with van der Waals surface area (Å²) in [7, 11) is -2.63. The summed E-state index contributed by atoms with van der Waals surface area (Å²) in [6.07, 6.45) is 0.237. The molecule has 0 radical (unpaired) electrons. The second kappa shape index (κ2) is 5.20. The molecule has 0 saturated carbocycles. The molecule has 2 aliphatic rings. The molecule has 0 amide bonds. The van der Waals surface area contributed by atoms with E-state index < -0.39 is 32.4 Å². The highest BCUT2D eigenvalue weighted by Crippen LogP contribution is 2.53. The maximum Gasteiger partial charge on any atom is 0.472 e. The molecule has 2 unspecified atom stereocenters. The predicted octanol–water partition coefficient (Wildman–Crippen LogP) is -0.163. The van der Waals surface area contributed by atoms with Gasteiger partial charge in [0.15, 0.2) is 17.7 Å². The minimum Gasteiger partial charge on any atom is -0.382 e. The lowest BCUT2D eigenvalue weighted by Gasteiger charge is -2.29. The fourth-order valence-electron chi connectivity index (χ4n) is 2.85. The number of nitrogen functional groups attached to an aromatic ring is 1. The van der Waals surface area contributed by atoms with Gasteiger partial charge in [-0.05, 0) is 0 Å². The third kappa shape index (κ3) is 2.33. The van der Waals surface area contributed by atoms with Crippen LogP contribution in [0.25, 0.3) is 11.2 Å². The Kier molecular flexibility index (Phi) is 3.38.